The van der Waals surface area contributed by atoms with Gasteiger partial charge in [-0.1, -0.05) is 18.2 Å². The molecule has 2 aliphatic heterocycles. The highest BCUT2D eigenvalue weighted by Gasteiger charge is 2.32. The highest BCUT2D eigenvalue weighted by Crippen LogP contribution is 2.33. The number of rotatable bonds is 7. The number of nitrogens with two attached hydrogens (primary N) is 1. The summed E-state index contributed by atoms with van der Waals surface area (Å²) < 4.78 is 12.0. The number of carboxylic acid groups (broad SMARTS) is 1. The zero-order valence-corrected chi connectivity index (χ0v) is 20.3. The summed E-state index contributed by atoms with van der Waals surface area (Å²) in [5.41, 5.74) is 8.32. The van der Waals surface area contributed by atoms with Crippen LogP contribution in [0.25, 0.3) is 0 Å². The van der Waals surface area contributed by atoms with E-state index in [-0.39, 0.29) is 12.1 Å². The molecule has 1 atom stereocenters. The van der Waals surface area contributed by atoms with Crippen molar-refractivity contribution < 1.29 is 19.4 Å². The fraction of sp³-hybridized carbons (Fsp3) is 0.444. The topological polar surface area (TPSA) is 136 Å². The first-order chi connectivity index (χ1) is 17.4. The van der Waals surface area contributed by atoms with Crippen LogP contribution in [-0.4, -0.2) is 58.4 Å². The zero-order chi connectivity index (χ0) is 25.2. The Bertz CT molecular complexity index is 1140. The van der Waals surface area contributed by atoms with Gasteiger partial charge in [0.15, 0.2) is 5.96 Å². The molecule has 36 heavy (non-hydrogen) atoms. The van der Waals surface area contributed by atoms with Crippen molar-refractivity contribution in [2.45, 2.75) is 50.9 Å². The average molecular weight is 492 g/mol. The van der Waals surface area contributed by atoms with Gasteiger partial charge in [-0.3, -0.25) is 10.8 Å². The average Bonchev–Trinajstić information content (AvgIpc) is 3.73. The highest BCUT2D eigenvalue weighted by atomic mass is 16.5. The molecular formula is C27H33N5O4. The van der Waals surface area contributed by atoms with E-state index < -0.39 is 12.1 Å². The van der Waals surface area contributed by atoms with Crippen molar-refractivity contribution in [3.8, 4) is 11.5 Å². The third-order valence-corrected chi connectivity index (χ3v) is 7.24. The van der Waals surface area contributed by atoms with Gasteiger partial charge in [-0.05, 0) is 54.7 Å². The minimum absolute atomic E-state index is 0.0287. The molecule has 1 unspecified atom stereocenters. The van der Waals surface area contributed by atoms with Crippen LogP contribution in [0.3, 0.4) is 0 Å². The number of carboxylic acids is 1. The van der Waals surface area contributed by atoms with Gasteiger partial charge < -0.3 is 30.1 Å². The Balaban J connectivity index is 1.20. The van der Waals surface area contributed by atoms with Crippen molar-refractivity contribution in [1.29, 1.82) is 10.8 Å². The Labute approximate surface area is 210 Å². The predicted octanol–water partition coefficient (Wildman–Crippen LogP) is 3.37. The number of amidine groups is 1. The van der Waals surface area contributed by atoms with Crippen LogP contribution in [0.15, 0.2) is 42.5 Å². The van der Waals surface area contributed by atoms with E-state index in [1.165, 1.54) is 0 Å². The lowest BCUT2D eigenvalue weighted by atomic mass is 9.99. The van der Waals surface area contributed by atoms with Crippen molar-refractivity contribution in [1.82, 2.24) is 9.80 Å². The van der Waals surface area contributed by atoms with Crippen molar-refractivity contribution in [3.05, 3.63) is 59.2 Å². The summed E-state index contributed by atoms with van der Waals surface area (Å²) in [7, 11) is 0. The molecule has 190 valence electrons. The van der Waals surface area contributed by atoms with Gasteiger partial charge in [0.25, 0.3) is 0 Å². The van der Waals surface area contributed by atoms with Gasteiger partial charge in [-0.15, -0.1) is 0 Å². The van der Waals surface area contributed by atoms with Gasteiger partial charge in [-0.25, -0.2) is 4.79 Å². The van der Waals surface area contributed by atoms with E-state index in [9.17, 15) is 9.90 Å². The van der Waals surface area contributed by atoms with E-state index in [2.05, 4.69) is 4.90 Å². The number of likely N-dealkylation sites (tertiary alicyclic amines) is 1. The number of hydrogen-bond donors (Lipinski definition) is 4. The van der Waals surface area contributed by atoms with E-state index in [0.717, 1.165) is 62.2 Å². The summed E-state index contributed by atoms with van der Waals surface area (Å²) in [6.45, 7) is 2.89. The Morgan fingerprint density at radius 1 is 0.944 bits per heavy atom. The van der Waals surface area contributed by atoms with Gasteiger partial charge in [-0.2, -0.15) is 0 Å². The quantitative estimate of drug-likeness (QED) is 0.344. The third kappa shape index (κ3) is 5.40. The van der Waals surface area contributed by atoms with Crippen LogP contribution in [0.2, 0.25) is 0 Å². The standard InChI is InChI=1S/C27H33N5O4/c28-25(19-1-2-19)31-13-10-22(11-14-31)35-21-6-4-18(5-7-21)24(26(33)34)36-23-8-3-17-9-12-32(27(29)30)16-20(17)15-23/h3-8,15,19,22,24,28H,1-2,9-14,16H2,(H3,29,30)(H,33,34). The van der Waals surface area contributed by atoms with E-state index >= 15 is 0 Å². The van der Waals surface area contributed by atoms with Gasteiger partial charge in [0.1, 0.15) is 17.6 Å². The maximum atomic E-state index is 12.0. The lowest BCUT2D eigenvalue weighted by Crippen LogP contribution is -2.42. The molecule has 9 nitrogen and oxygen atoms in total. The molecule has 3 aliphatic rings. The molecule has 2 aromatic rings. The molecule has 1 saturated heterocycles. The lowest BCUT2D eigenvalue weighted by molar-refractivity contribution is -0.145. The second-order valence-corrected chi connectivity index (χ2v) is 9.86. The fourth-order valence-electron chi connectivity index (χ4n) is 4.95. The molecule has 5 rings (SSSR count). The minimum atomic E-state index is -1.15. The lowest BCUT2D eigenvalue weighted by Gasteiger charge is -2.34. The summed E-state index contributed by atoms with van der Waals surface area (Å²) in [5, 5.41) is 25.8. The highest BCUT2D eigenvalue weighted by molar-refractivity contribution is 5.83. The van der Waals surface area contributed by atoms with E-state index in [0.29, 0.717) is 36.1 Å². The monoisotopic (exact) mass is 491 g/mol. The van der Waals surface area contributed by atoms with Crippen LogP contribution < -0.4 is 15.2 Å². The van der Waals surface area contributed by atoms with Crippen LogP contribution in [0.4, 0.5) is 0 Å². The summed E-state index contributed by atoms with van der Waals surface area (Å²) in [5.74, 6) is 1.38. The molecule has 2 heterocycles. The van der Waals surface area contributed by atoms with Crippen LogP contribution in [0, 0.1) is 16.7 Å². The molecular weight excluding hydrogens is 458 g/mol. The summed E-state index contributed by atoms with van der Waals surface area (Å²) in [6, 6.07) is 12.7. The number of carbonyl (C=O) groups is 1. The number of aliphatic carboxylic acids is 1. The molecule has 0 amide bonds. The first-order valence-electron chi connectivity index (χ1n) is 12.6. The summed E-state index contributed by atoms with van der Waals surface area (Å²) >= 11 is 0. The van der Waals surface area contributed by atoms with Gasteiger partial charge in [0.05, 0.1) is 5.84 Å². The van der Waals surface area contributed by atoms with Gasteiger partial charge in [0, 0.05) is 50.5 Å². The van der Waals surface area contributed by atoms with Gasteiger partial charge >= 0.3 is 5.97 Å². The number of benzene rings is 2. The molecule has 0 bridgehead atoms. The van der Waals surface area contributed by atoms with Crippen molar-refractivity contribution >= 4 is 17.8 Å². The number of guanidine groups is 1. The van der Waals surface area contributed by atoms with E-state index in [1.807, 2.05) is 12.1 Å². The van der Waals surface area contributed by atoms with Gasteiger partial charge in [0.2, 0.25) is 6.10 Å². The number of ether oxygens (including phenoxy) is 2. The molecule has 2 fully saturated rings. The SMILES string of the molecule is N=C(N)N1CCc2ccc(OC(C(=O)O)c3ccc(OC4CCN(C(=N)C5CC5)CC4)cc3)cc2C1. The largest absolute Gasteiger partial charge is 0.490 e. The number of hydrogen-bond acceptors (Lipinski definition) is 5. The maximum absolute atomic E-state index is 12.0. The molecule has 1 saturated carbocycles. The molecule has 0 spiro atoms. The zero-order valence-electron chi connectivity index (χ0n) is 20.3. The summed E-state index contributed by atoms with van der Waals surface area (Å²) in [6.07, 6.45) is 3.76. The molecule has 9 heteroatoms. The number of nitrogens with one attached hydrogen (secondary N) is 2. The first kappa shape index (κ1) is 24.0. The molecule has 0 aromatic heterocycles. The Morgan fingerprint density at radius 3 is 2.28 bits per heavy atom. The third-order valence-electron chi connectivity index (χ3n) is 7.24. The normalized spacial score (nSPS) is 18.8. The second-order valence-electron chi connectivity index (χ2n) is 9.86. The van der Waals surface area contributed by atoms with Crippen LogP contribution >= 0.6 is 0 Å². The first-order valence-corrected chi connectivity index (χ1v) is 12.6. The smallest absolute Gasteiger partial charge is 0.349 e. The molecule has 2 aromatic carbocycles. The van der Waals surface area contributed by atoms with Crippen molar-refractivity contribution in [2.75, 3.05) is 19.6 Å². The molecule has 1 aliphatic carbocycles. The molecule has 0 radical (unpaired) electrons. The number of nitrogens with zero attached hydrogens (tertiary/aromatic N) is 2. The Morgan fingerprint density at radius 2 is 1.64 bits per heavy atom. The predicted molar refractivity (Wildman–Crippen MR) is 136 cm³/mol. The Kier molecular flexibility index (Phi) is 6.71. The number of piperidine rings is 1. The second kappa shape index (κ2) is 10.1. The Hall–Kier alpha value is -3.75. The minimum Gasteiger partial charge on any atom is -0.490 e. The maximum Gasteiger partial charge on any atom is 0.349 e. The van der Waals surface area contributed by atoms with Crippen molar-refractivity contribution in [3.63, 3.8) is 0 Å². The fourth-order valence-corrected chi connectivity index (χ4v) is 4.95. The van der Waals surface area contributed by atoms with Crippen LogP contribution in [0.5, 0.6) is 11.5 Å². The summed E-state index contributed by atoms with van der Waals surface area (Å²) in [4.78, 5) is 16.0. The van der Waals surface area contributed by atoms with Crippen LogP contribution in [0.1, 0.15) is 48.5 Å². The molecule has 5 N–H and O–H groups in total. The van der Waals surface area contributed by atoms with E-state index in [4.69, 9.17) is 26.0 Å². The van der Waals surface area contributed by atoms with Crippen LogP contribution in [-0.2, 0) is 17.8 Å². The number of fused-ring (bicyclic) bond motifs is 1. The van der Waals surface area contributed by atoms with Crippen molar-refractivity contribution in [2.24, 2.45) is 11.7 Å². The van der Waals surface area contributed by atoms with E-state index in [1.54, 1.807) is 35.2 Å².